The summed E-state index contributed by atoms with van der Waals surface area (Å²) in [6, 6.07) is 12.3. The van der Waals surface area contributed by atoms with Gasteiger partial charge in [-0.3, -0.25) is 19.3 Å². The molecule has 4 rings (SSSR count). The summed E-state index contributed by atoms with van der Waals surface area (Å²) < 4.78 is 0. The number of carboxylic acids is 1. The molecule has 154 valence electrons. The fraction of sp³-hybridized carbons (Fsp3) is 0.304. The Morgan fingerprint density at radius 3 is 2.37 bits per heavy atom. The van der Waals surface area contributed by atoms with E-state index in [1.807, 2.05) is 0 Å². The SMILES string of the molecule is C[C@@H]1CC[C@H]2C(=O)N(c3cccc(C(=O)Nc4ccc(C(=O)O)cc4)c3)C(=O)[C@H]2C1. The van der Waals surface area contributed by atoms with Crippen LogP contribution in [0.25, 0.3) is 0 Å². The molecule has 3 amide bonds. The van der Waals surface area contributed by atoms with Gasteiger partial charge in [-0.2, -0.15) is 0 Å². The molecule has 1 heterocycles. The maximum atomic E-state index is 12.9. The number of amides is 3. The minimum atomic E-state index is -1.05. The Morgan fingerprint density at radius 2 is 1.67 bits per heavy atom. The van der Waals surface area contributed by atoms with E-state index in [1.54, 1.807) is 18.2 Å². The van der Waals surface area contributed by atoms with Crippen LogP contribution in [0, 0.1) is 17.8 Å². The molecule has 1 aliphatic carbocycles. The van der Waals surface area contributed by atoms with Gasteiger partial charge in [0.25, 0.3) is 5.91 Å². The highest BCUT2D eigenvalue weighted by atomic mass is 16.4. The number of rotatable bonds is 4. The Balaban J connectivity index is 1.54. The first-order valence-corrected chi connectivity index (χ1v) is 9.97. The third-order valence-corrected chi connectivity index (χ3v) is 5.94. The van der Waals surface area contributed by atoms with Crippen molar-refractivity contribution in [3.05, 3.63) is 59.7 Å². The second-order valence-corrected chi connectivity index (χ2v) is 8.03. The zero-order chi connectivity index (χ0) is 21.4. The maximum Gasteiger partial charge on any atom is 0.335 e. The first-order chi connectivity index (χ1) is 14.3. The molecule has 2 aromatic carbocycles. The van der Waals surface area contributed by atoms with Crippen LogP contribution in [0.5, 0.6) is 0 Å². The van der Waals surface area contributed by atoms with Crippen LogP contribution in [0.4, 0.5) is 11.4 Å². The molecule has 2 N–H and O–H groups in total. The number of nitrogens with one attached hydrogen (secondary N) is 1. The maximum absolute atomic E-state index is 12.9. The number of benzene rings is 2. The highest BCUT2D eigenvalue weighted by Crippen LogP contribution is 2.42. The lowest BCUT2D eigenvalue weighted by Gasteiger charge is -2.25. The van der Waals surface area contributed by atoms with Gasteiger partial charge in [-0.05, 0) is 67.6 Å². The molecule has 2 aliphatic rings. The average Bonchev–Trinajstić information content (AvgIpc) is 2.98. The highest BCUT2D eigenvalue weighted by Gasteiger charge is 2.50. The van der Waals surface area contributed by atoms with Crippen LogP contribution in [0.15, 0.2) is 48.5 Å². The Morgan fingerprint density at radius 1 is 0.967 bits per heavy atom. The molecule has 7 nitrogen and oxygen atoms in total. The molecule has 30 heavy (non-hydrogen) atoms. The zero-order valence-electron chi connectivity index (χ0n) is 16.5. The van der Waals surface area contributed by atoms with Gasteiger partial charge in [0, 0.05) is 11.3 Å². The van der Waals surface area contributed by atoms with Crippen molar-refractivity contribution in [2.24, 2.45) is 17.8 Å². The van der Waals surface area contributed by atoms with Gasteiger partial charge in [-0.1, -0.05) is 13.0 Å². The van der Waals surface area contributed by atoms with E-state index >= 15 is 0 Å². The third kappa shape index (κ3) is 3.58. The van der Waals surface area contributed by atoms with Crippen LogP contribution < -0.4 is 10.2 Å². The van der Waals surface area contributed by atoms with Crippen LogP contribution in [0.1, 0.15) is 46.9 Å². The van der Waals surface area contributed by atoms with Crippen molar-refractivity contribution in [2.75, 3.05) is 10.2 Å². The minimum absolute atomic E-state index is 0.122. The third-order valence-electron chi connectivity index (χ3n) is 5.94. The van der Waals surface area contributed by atoms with Crippen molar-refractivity contribution < 1.29 is 24.3 Å². The predicted molar refractivity (Wildman–Crippen MR) is 110 cm³/mol. The standard InChI is InChI=1S/C23H22N2O5/c1-13-5-10-18-19(11-13)22(28)25(21(18)27)17-4-2-3-15(12-17)20(26)24-16-8-6-14(7-9-16)23(29)30/h2-4,6-9,12-13,18-19H,5,10-11H2,1H3,(H,24,26)(H,29,30)/t13-,18-,19+/m1/s1. The Kier molecular flexibility index (Phi) is 5.11. The first kappa shape index (κ1) is 19.8. The summed E-state index contributed by atoms with van der Waals surface area (Å²) in [6.07, 6.45) is 2.38. The number of anilines is 2. The van der Waals surface area contributed by atoms with E-state index in [2.05, 4.69) is 12.2 Å². The number of nitrogens with zero attached hydrogens (tertiary/aromatic N) is 1. The molecule has 7 heteroatoms. The molecular formula is C23H22N2O5. The van der Waals surface area contributed by atoms with Gasteiger partial charge in [0.15, 0.2) is 0 Å². The number of carbonyl (C=O) groups is 4. The summed E-state index contributed by atoms with van der Waals surface area (Å²) in [4.78, 5) is 50.6. The summed E-state index contributed by atoms with van der Waals surface area (Å²) in [5.74, 6) is -1.93. The molecule has 0 radical (unpaired) electrons. The normalized spacial score (nSPS) is 23.2. The fourth-order valence-corrected chi connectivity index (χ4v) is 4.33. The molecule has 2 aromatic rings. The number of fused-ring (bicyclic) bond motifs is 1. The van der Waals surface area contributed by atoms with Gasteiger partial charge in [0.2, 0.25) is 11.8 Å². The highest BCUT2D eigenvalue weighted by molar-refractivity contribution is 6.22. The monoisotopic (exact) mass is 406 g/mol. The van der Waals surface area contributed by atoms with Gasteiger partial charge in [-0.15, -0.1) is 0 Å². The molecular weight excluding hydrogens is 384 g/mol. The minimum Gasteiger partial charge on any atom is -0.478 e. The van der Waals surface area contributed by atoms with E-state index in [4.69, 9.17) is 5.11 Å². The zero-order valence-corrected chi connectivity index (χ0v) is 16.5. The smallest absolute Gasteiger partial charge is 0.335 e. The molecule has 1 saturated carbocycles. The van der Waals surface area contributed by atoms with Crippen LogP contribution in [-0.4, -0.2) is 28.8 Å². The second-order valence-electron chi connectivity index (χ2n) is 8.03. The molecule has 1 aliphatic heterocycles. The number of hydrogen-bond acceptors (Lipinski definition) is 4. The summed E-state index contributed by atoms with van der Waals surface area (Å²) in [5.41, 5.74) is 1.28. The summed E-state index contributed by atoms with van der Waals surface area (Å²) in [6.45, 7) is 2.10. The van der Waals surface area contributed by atoms with Crippen molar-refractivity contribution in [1.82, 2.24) is 0 Å². The lowest BCUT2D eigenvalue weighted by molar-refractivity contribution is -0.122. The number of hydrogen-bond donors (Lipinski definition) is 2. The van der Waals surface area contributed by atoms with Crippen LogP contribution in [-0.2, 0) is 9.59 Å². The number of carboxylic acid groups (broad SMARTS) is 1. The van der Waals surface area contributed by atoms with E-state index in [0.29, 0.717) is 22.9 Å². The molecule has 0 spiro atoms. The van der Waals surface area contributed by atoms with Crippen molar-refractivity contribution in [2.45, 2.75) is 26.2 Å². The van der Waals surface area contributed by atoms with E-state index in [1.165, 1.54) is 35.2 Å². The Hall–Kier alpha value is -3.48. The van der Waals surface area contributed by atoms with Crippen LogP contribution in [0.2, 0.25) is 0 Å². The topological polar surface area (TPSA) is 104 Å². The van der Waals surface area contributed by atoms with Crippen molar-refractivity contribution in [1.29, 1.82) is 0 Å². The van der Waals surface area contributed by atoms with Gasteiger partial charge in [-0.25, -0.2) is 4.79 Å². The lowest BCUT2D eigenvalue weighted by atomic mass is 9.76. The molecule has 3 atom stereocenters. The number of imide groups is 1. The van der Waals surface area contributed by atoms with Crippen LogP contribution in [0.3, 0.4) is 0 Å². The Labute approximate surface area is 173 Å². The molecule has 0 aromatic heterocycles. The number of carbonyl (C=O) groups excluding carboxylic acids is 3. The molecule has 0 unspecified atom stereocenters. The van der Waals surface area contributed by atoms with Crippen LogP contribution >= 0.6 is 0 Å². The molecule has 2 fully saturated rings. The Bertz CT molecular complexity index is 1030. The molecule has 0 bridgehead atoms. The van der Waals surface area contributed by atoms with Crippen molar-refractivity contribution >= 4 is 35.1 Å². The van der Waals surface area contributed by atoms with Gasteiger partial charge in [0.05, 0.1) is 23.1 Å². The predicted octanol–water partition coefficient (Wildman–Crippen LogP) is 3.56. The van der Waals surface area contributed by atoms with E-state index < -0.39 is 11.9 Å². The van der Waals surface area contributed by atoms with E-state index in [9.17, 15) is 19.2 Å². The van der Waals surface area contributed by atoms with Gasteiger partial charge < -0.3 is 10.4 Å². The number of aromatic carboxylic acids is 1. The largest absolute Gasteiger partial charge is 0.478 e. The summed E-state index contributed by atoms with van der Waals surface area (Å²) in [5, 5.41) is 11.7. The summed E-state index contributed by atoms with van der Waals surface area (Å²) in [7, 11) is 0. The van der Waals surface area contributed by atoms with E-state index in [0.717, 1.165) is 19.3 Å². The van der Waals surface area contributed by atoms with E-state index in [-0.39, 0.29) is 29.2 Å². The quantitative estimate of drug-likeness (QED) is 0.756. The van der Waals surface area contributed by atoms with Gasteiger partial charge >= 0.3 is 5.97 Å². The second kappa shape index (κ2) is 7.74. The fourth-order valence-electron chi connectivity index (χ4n) is 4.33. The van der Waals surface area contributed by atoms with Gasteiger partial charge in [0.1, 0.15) is 0 Å². The summed E-state index contributed by atoms with van der Waals surface area (Å²) >= 11 is 0. The first-order valence-electron chi connectivity index (χ1n) is 9.97. The van der Waals surface area contributed by atoms with Crippen molar-refractivity contribution in [3.8, 4) is 0 Å². The van der Waals surface area contributed by atoms with Crippen molar-refractivity contribution in [3.63, 3.8) is 0 Å². The molecule has 1 saturated heterocycles. The lowest BCUT2D eigenvalue weighted by Crippen LogP contribution is -2.31. The average molecular weight is 406 g/mol.